The normalized spacial score (nSPS) is 14.6. The lowest BCUT2D eigenvalue weighted by Gasteiger charge is -2.37. The smallest absolute Gasteiger partial charge is 0.254 e. The number of amides is 2. The minimum atomic E-state index is -1.11. The van der Waals surface area contributed by atoms with Crippen LogP contribution in [0.25, 0.3) is 0 Å². The van der Waals surface area contributed by atoms with Gasteiger partial charge >= 0.3 is 0 Å². The molecule has 0 saturated carbocycles. The van der Waals surface area contributed by atoms with Gasteiger partial charge in [-0.15, -0.1) is 0 Å². The van der Waals surface area contributed by atoms with Gasteiger partial charge in [0.25, 0.3) is 11.8 Å². The lowest BCUT2D eigenvalue weighted by Crippen LogP contribution is -2.42. The van der Waals surface area contributed by atoms with Crippen molar-refractivity contribution in [2.45, 2.75) is 18.4 Å². The third kappa shape index (κ3) is 3.04. The van der Waals surface area contributed by atoms with Crippen molar-refractivity contribution in [3.63, 3.8) is 0 Å². The average molecular weight is 357 g/mol. The second kappa shape index (κ2) is 7.17. The van der Waals surface area contributed by atoms with E-state index >= 15 is 0 Å². The number of benzene rings is 3. The van der Waals surface area contributed by atoms with Crippen molar-refractivity contribution < 1.29 is 14.4 Å². The standard InChI is InChI=1S/C23H19NO3/c25-21-16-17-22(26)24(21)27-23(18-10-4-1-5-11-18,19-12-6-2-7-13-19)20-14-8-3-9-15-20/h1-15H,16-17H2. The maximum Gasteiger partial charge on any atom is 0.254 e. The number of hydroxylamine groups is 2. The van der Waals surface area contributed by atoms with E-state index in [4.69, 9.17) is 4.84 Å². The highest BCUT2D eigenvalue weighted by atomic mass is 16.7. The van der Waals surface area contributed by atoms with Gasteiger partial charge in [0, 0.05) is 12.8 Å². The van der Waals surface area contributed by atoms with Crippen LogP contribution in [-0.2, 0) is 20.0 Å². The van der Waals surface area contributed by atoms with E-state index in [1.165, 1.54) is 0 Å². The molecule has 0 atom stereocenters. The summed E-state index contributed by atoms with van der Waals surface area (Å²) in [4.78, 5) is 31.0. The molecule has 4 heteroatoms. The first kappa shape index (κ1) is 17.2. The molecule has 0 aliphatic carbocycles. The van der Waals surface area contributed by atoms with E-state index in [9.17, 15) is 9.59 Å². The maximum absolute atomic E-state index is 12.3. The molecule has 2 amide bonds. The number of hydrogen-bond donors (Lipinski definition) is 0. The largest absolute Gasteiger partial charge is 0.272 e. The Morgan fingerprint density at radius 2 is 0.926 bits per heavy atom. The first-order valence-corrected chi connectivity index (χ1v) is 8.93. The zero-order chi connectivity index (χ0) is 18.7. The Bertz CT molecular complexity index is 826. The van der Waals surface area contributed by atoms with Gasteiger partial charge in [0.15, 0.2) is 5.60 Å². The van der Waals surface area contributed by atoms with Crippen molar-refractivity contribution in [3.05, 3.63) is 108 Å². The van der Waals surface area contributed by atoms with Gasteiger partial charge in [0.1, 0.15) is 0 Å². The Morgan fingerprint density at radius 3 is 1.26 bits per heavy atom. The summed E-state index contributed by atoms with van der Waals surface area (Å²) >= 11 is 0. The molecule has 3 aromatic carbocycles. The minimum absolute atomic E-state index is 0.174. The van der Waals surface area contributed by atoms with E-state index < -0.39 is 5.60 Å². The molecule has 0 unspecified atom stereocenters. The molecular weight excluding hydrogens is 338 g/mol. The van der Waals surface area contributed by atoms with E-state index in [1.807, 2.05) is 91.0 Å². The summed E-state index contributed by atoms with van der Waals surface area (Å²) in [5.41, 5.74) is 1.42. The van der Waals surface area contributed by atoms with Crippen LogP contribution in [0.5, 0.6) is 0 Å². The van der Waals surface area contributed by atoms with Crippen LogP contribution in [0.4, 0.5) is 0 Å². The average Bonchev–Trinajstić information content (AvgIpc) is 3.05. The minimum Gasteiger partial charge on any atom is -0.272 e. The summed E-state index contributed by atoms with van der Waals surface area (Å²) in [5, 5.41) is 0.937. The van der Waals surface area contributed by atoms with Gasteiger partial charge in [-0.25, -0.2) is 4.84 Å². The summed E-state index contributed by atoms with van der Waals surface area (Å²) < 4.78 is 0. The molecule has 0 N–H and O–H groups in total. The van der Waals surface area contributed by atoms with Crippen molar-refractivity contribution in [1.29, 1.82) is 0 Å². The third-order valence-electron chi connectivity index (χ3n) is 4.77. The topological polar surface area (TPSA) is 46.6 Å². The molecule has 27 heavy (non-hydrogen) atoms. The second-order valence-corrected chi connectivity index (χ2v) is 6.45. The third-order valence-corrected chi connectivity index (χ3v) is 4.77. The van der Waals surface area contributed by atoms with Crippen molar-refractivity contribution >= 4 is 11.8 Å². The summed E-state index contributed by atoms with van der Waals surface area (Å²) in [6, 6.07) is 29.0. The van der Waals surface area contributed by atoms with E-state index in [1.54, 1.807) is 0 Å². The molecule has 4 rings (SSSR count). The molecule has 0 spiro atoms. The van der Waals surface area contributed by atoms with Gasteiger partial charge < -0.3 is 0 Å². The van der Waals surface area contributed by atoms with Crippen LogP contribution in [0.15, 0.2) is 91.0 Å². The quantitative estimate of drug-likeness (QED) is 0.511. The first-order chi connectivity index (χ1) is 13.2. The maximum atomic E-state index is 12.3. The number of carbonyl (C=O) groups is 2. The van der Waals surface area contributed by atoms with E-state index in [-0.39, 0.29) is 24.7 Å². The fraction of sp³-hybridized carbons (Fsp3) is 0.130. The molecule has 1 fully saturated rings. The Hall–Kier alpha value is -3.24. The van der Waals surface area contributed by atoms with Crippen LogP contribution in [0.1, 0.15) is 29.5 Å². The van der Waals surface area contributed by atoms with Crippen molar-refractivity contribution in [1.82, 2.24) is 5.06 Å². The summed E-state index contributed by atoms with van der Waals surface area (Å²) in [6.07, 6.45) is 0.348. The lowest BCUT2D eigenvalue weighted by molar-refractivity contribution is -0.215. The highest BCUT2D eigenvalue weighted by Gasteiger charge is 2.44. The lowest BCUT2D eigenvalue weighted by atomic mass is 9.80. The molecule has 1 saturated heterocycles. The molecule has 3 aromatic rings. The first-order valence-electron chi connectivity index (χ1n) is 8.93. The van der Waals surface area contributed by atoms with E-state index in [2.05, 4.69) is 0 Å². The molecule has 0 bridgehead atoms. The molecule has 1 aliphatic rings. The highest BCUT2D eigenvalue weighted by Crippen LogP contribution is 2.41. The molecule has 1 heterocycles. The summed E-state index contributed by atoms with van der Waals surface area (Å²) in [6.45, 7) is 0. The van der Waals surface area contributed by atoms with E-state index in [0.717, 1.165) is 21.8 Å². The van der Waals surface area contributed by atoms with Gasteiger partial charge in [-0.3, -0.25) is 9.59 Å². The SMILES string of the molecule is O=C1CCC(=O)N1OC(c1ccccc1)(c1ccccc1)c1ccccc1. The fourth-order valence-corrected chi connectivity index (χ4v) is 3.47. The zero-order valence-electron chi connectivity index (χ0n) is 14.7. The Labute approximate surface area is 158 Å². The Kier molecular flexibility index (Phi) is 4.57. The molecule has 0 radical (unpaired) electrons. The van der Waals surface area contributed by atoms with Crippen LogP contribution >= 0.6 is 0 Å². The predicted molar refractivity (Wildman–Crippen MR) is 101 cm³/mol. The monoisotopic (exact) mass is 357 g/mol. The van der Waals surface area contributed by atoms with E-state index in [0.29, 0.717) is 0 Å². The van der Waals surface area contributed by atoms with Gasteiger partial charge in [-0.2, -0.15) is 5.06 Å². The number of carbonyl (C=O) groups excluding carboxylic acids is 2. The van der Waals surface area contributed by atoms with Gasteiger partial charge in [0.2, 0.25) is 0 Å². The molecule has 134 valence electrons. The highest BCUT2D eigenvalue weighted by molar-refractivity contribution is 6.00. The molecule has 0 aromatic heterocycles. The van der Waals surface area contributed by atoms with Crippen LogP contribution in [0.3, 0.4) is 0 Å². The summed E-state index contributed by atoms with van der Waals surface area (Å²) in [7, 11) is 0. The number of imide groups is 1. The van der Waals surface area contributed by atoms with Gasteiger partial charge in [0.05, 0.1) is 0 Å². The zero-order valence-corrected chi connectivity index (χ0v) is 14.7. The molecule has 4 nitrogen and oxygen atoms in total. The van der Waals surface area contributed by atoms with Crippen LogP contribution in [0, 0.1) is 0 Å². The van der Waals surface area contributed by atoms with Gasteiger partial charge in [-0.05, 0) is 16.7 Å². The number of hydrogen-bond acceptors (Lipinski definition) is 3. The second-order valence-electron chi connectivity index (χ2n) is 6.45. The fourth-order valence-electron chi connectivity index (χ4n) is 3.47. The van der Waals surface area contributed by atoms with Crippen LogP contribution in [0.2, 0.25) is 0 Å². The molecular formula is C23H19NO3. The summed E-state index contributed by atoms with van der Waals surface area (Å²) in [5.74, 6) is -0.626. The number of nitrogens with zero attached hydrogens (tertiary/aromatic N) is 1. The Morgan fingerprint density at radius 1 is 0.593 bits per heavy atom. The number of rotatable bonds is 5. The van der Waals surface area contributed by atoms with Crippen molar-refractivity contribution in [2.24, 2.45) is 0 Å². The van der Waals surface area contributed by atoms with Gasteiger partial charge in [-0.1, -0.05) is 91.0 Å². The Balaban J connectivity index is 1.97. The van der Waals surface area contributed by atoms with Crippen LogP contribution in [-0.4, -0.2) is 16.9 Å². The van der Waals surface area contributed by atoms with Crippen molar-refractivity contribution in [3.8, 4) is 0 Å². The van der Waals surface area contributed by atoms with Crippen molar-refractivity contribution in [2.75, 3.05) is 0 Å². The molecule has 1 aliphatic heterocycles. The predicted octanol–water partition coefficient (Wildman–Crippen LogP) is 4.06. The van der Waals surface area contributed by atoms with Crippen LogP contribution < -0.4 is 0 Å².